The van der Waals surface area contributed by atoms with Crippen LogP contribution in [0.15, 0.2) is 11.4 Å². The Bertz CT molecular complexity index is 578. The number of ether oxygens (including phenoxy) is 1. The van der Waals surface area contributed by atoms with Crippen molar-refractivity contribution in [1.29, 1.82) is 0 Å². The number of carbonyl (C=O) groups is 2. The summed E-state index contributed by atoms with van der Waals surface area (Å²) in [7, 11) is -2.06. The van der Waals surface area contributed by atoms with Gasteiger partial charge in [0, 0.05) is 7.05 Å². The summed E-state index contributed by atoms with van der Waals surface area (Å²) in [5.41, 5.74) is 0.140. The number of thiophene rings is 1. The largest absolute Gasteiger partial charge is 0.448 e. The molecule has 1 amide bonds. The Labute approximate surface area is 115 Å². The van der Waals surface area contributed by atoms with Crippen molar-refractivity contribution in [2.45, 2.75) is 13.0 Å². The molecule has 7 nitrogen and oxygen atoms in total. The van der Waals surface area contributed by atoms with Crippen LogP contribution in [0.1, 0.15) is 16.6 Å². The fourth-order valence-corrected chi connectivity index (χ4v) is 2.58. The monoisotopic (exact) mass is 306 g/mol. The van der Waals surface area contributed by atoms with Gasteiger partial charge in [-0.2, -0.15) is 0 Å². The Kier molecular flexibility index (Phi) is 4.90. The molecular weight excluding hydrogens is 292 g/mol. The van der Waals surface area contributed by atoms with Crippen molar-refractivity contribution in [2.75, 3.05) is 18.0 Å². The molecule has 0 fully saturated rings. The van der Waals surface area contributed by atoms with Gasteiger partial charge in [-0.15, -0.1) is 11.3 Å². The van der Waals surface area contributed by atoms with E-state index in [0.717, 1.165) is 17.6 Å². The number of likely N-dealkylation sites (N-methyl/N-ethyl adjacent to an activating group) is 1. The molecule has 1 atom stereocenters. The molecule has 0 aliphatic rings. The molecule has 9 heteroatoms. The zero-order valence-electron chi connectivity index (χ0n) is 10.6. The zero-order valence-corrected chi connectivity index (χ0v) is 12.2. The van der Waals surface area contributed by atoms with Crippen LogP contribution < -0.4 is 10.0 Å². The number of hydrogen-bond acceptors (Lipinski definition) is 6. The normalized spacial score (nSPS) is 12.6. The van der Waals surface area contributed by atoms with E-state index in [-0.39, 0.29) is 10.6 Å². The molecule has 0 unspecified atom stereocenters. The topological polar surface area (TPSA) is 102 Å². The lowest BCUT2D eigenvalue weighted by Crippen LogP contribution is -2.33. The van der Waals surface area contributed by atoms with E-state index < -0.39 is 28.0 Å². The number of hydrogen-bond donors (Lipinski definition) is 2. The van der Waals surface area contributed by atoms with Crippen molar-refractivity contribution in [3.8, 4) is 0 Å². The Morgan fingerprint density at radius 1 is 1.42 bits per heavy atom. The molecule has 0 saturated carbocycles. The maximum absolute atomic E-state index is 11.8. The summed E-state index contributed by atoms with van der Waals surface area (Å²) in [6.45, 7) is 1.42. The van der Waals surface area contributed by atoms with Crippen molar-refractivity contribution in [2.24, 2.45) is 0 Å². The Balaban J connectivity index is 2.84. The standard InChI is InChI=1S/C10H14N2O5S2/c1-6(9(13)11-2)17-10(14)8-7(4-5-18-8)12-19(3,15)16/h4-6,12H,1-3H3,(H,11,13)/t6-/m1/s1. The maximum atomic E-state index is 11.8. The molecule has 0 radical (unpaired) electrons. The number of anilines is 1. The summed E-state index contributed by atoms with van der Waals surface area (Å²) in [4.78, 5) is 23.1. The molecule has 1 aromatic rings. The summed E-state index contributed by atoms with van der Waals surface area (Å²) in [6.07, 6.45) is 0.0260. The quantitative estimate of drug-likeness (QED) is 0.767. The van der Waals surface area contributed by atoms with E-state index in [9.17, 15) is 18.0 Å². The zero-order chi connectivity index (χ0) is 14.6. The van der Waals surface area contributed by atoms with Crippen molar-refractivity contribution in [3.05, 3.63) is 16.3 Å². The lowest BCUT2D eigenvalue weighted by Gasteiger charge is -2.11. The Morgan fingerprint density at radius 3 is 2.58 bits per heavy atom. The number of rotatable bonds is 5. The molecule has 0 aliphatic heterocycles. The van der Waals surface area contributed by atoms with Gasteiger partial charge in [0.05, 0.1) is 11.9 Å². The predicted molar refractivity (Wildman–Crippen MR) is 71.7 cm³/mol. The first-order valence-electron chi connectivity index (χ1n) is 5.22. The van der Waals surface area contributed by atoms with Crippen molar-refractivity contribution in [1.82, 2.24) is 5.32 Å². The molecule has 0 bridgehead atoms. The van der Waals surface area contributed by atoms with Gasteiger partial charge >= 0.3 is 5.97 Å². The Morgan fingerprint density at radius 2 is 2.05 bits per heavy atom. The second-order valence-corrected chi connectivity index (χ2v) is 6.36. The van der Waals surface area contributed by atoms with Gasteiger partial charge in [-0.25, -0.2) is 13.2 Å². The van der Waals surface area contributed by atoms with Crippen LogP contribution in [0.25, 0.3) is 0 Å². The number of sulfonamides is 1. The summed E-state index contributed by atoms with van der Waals surface area (Å²) in [5, 5.41) is 3.89. The van der Waals surface area contributed by atoms with Gasteiger partial charge in [-0.3, -0.25) is 9.52 Å². The molecule has 106 valence electrons. The average Bonchev–Trinajstić information content (AvgIpc) is 2.73. The second-order valence-electron chi connectivity index (χ2n) is 3.70. The highest BCUT2D eigenvalue weighted by Crippen LogP contribution is 2.24. The molecule has 0 aromatic carbocycles. The third-order valence-corrected chi connectivity index (χ3v) is 3.53. The minimum atomic E-state index is -3.48. The first-order valence-corrected chi connectivity index (χ1v) is 7.99. The highest BCUT2D eigenvalue weighted by atomic mass is 32.2. The van der Waals surface area contributed by atoms with Crippen LogP contribution in [-0.4, -0.2) is 39.7 Å². The van der Waals surface area contributed by atoms with E-state index in [1.54, 1.807) is 5.38 Å². The van der Waals surface area contributed by atoms with Crippen molar-refractivity contribution < 1.29 is 22.7 Å². The fourth-order valence-electron chi connectivity index (χ4n) is 1.22. The van der Waals surface area contributed by atoms with Crippen molar-refractivity contribution >= 4 is 38.9 Å². The summed E-state index contributed by atoms with van der Waals surface area (Å²) in [5.74, 6) is -1.19. The van der Waals surface area contributed by atoms with Crippen LogP contribution in [0.2, 0.25) is 0 Å². The molecule has 0 spiro atoms. The minimum Gasteiger partial charge on any atom is -0.448 e. The Hall–Kier alpha value is -1.61. The van der Waals surface area contributed by atoms with Gasteiger partial charge in [0.15, 0.2) is 6.10 Å². The number of nitrogens with one attached hydrogen (secondary N) is 2. The third kappa shape index (κ3) is 4.52. The molecular formula is C10H14N2O5S2. The lowest BCUT2D eigenvalue weighted by atomic mass is 10.3. The van der Waals surface area contributed by atoms with Crippen molar-refractivity contribution in [3.63, 3.8) is 0 Å². The van der Waals surface area contributed by atoms with Crippen LogP contribution in [0.5, 0.6) is 0 Å². The van der Waals surface area contributed by atoms with E-state index in [4.69, 9.17) is 4.74 Å². The molecule has 19 heavy (non-hydrogen) atoms. The van der Waals surface area contributed by atoms with Gasteiger partial charge in [-0.05, 0) is 18.4 Å². The maximum Gasteiger partial charge on any atom is 0.351 e. The number of esters is 1. The summed E-state index contributed by atoms with van der Waals surface area (Å²) < 4.78 is 29.4. The molecule has 1 aromatic heterocycles. The van der Waals surface area contributed by atoms with Crippen LogP contribution in [0.3, 0.4) is 0 Å². The lowest BCUT2D eigenvalue weighted by molar-refractivity contribution is -0.128. The van der Waals surface area contributed by atoms with Gasteiger partial charge in [0.25, 0.3) is 5.91 Å². The van der Waals surface area contributed by atoms with E-state index in [0.29, 0.717) is 0 Å². The van der Waals surface area contributed by atoms with Gasteiger partial charge in [0.1, 0.15) is 4.88 Å². The first-order chi connectivity index (χ1) is 8.74. The minimum absolute atomic E-state index is 0.0983. The highest BCUT2D eigenvalue weighted by Gasteiger charge is 2.22. The highest BCUT2D eigenvalue weighted by molar-refractivity contribution is 7.92. The fraction of sp³-hybridized carbons (Fsp3) is 0.400. The third-order valence-electron chi connectivity index (χ3n) is 2.05. The smallest absolute Gasteiger partial charge is 0.351 e. The van der Waals surface area contributed by atoms with E-state index in [1.807, 2.05) is 0 Å². The van der Waals surface area contributed by atoms with E-state index >= 15 is 0 Å². The van der Waals surface area contributed by atoms with Crippen LogP contribution >= 0.6 is 11.3 Å². The molecule has 1 heterocycles. The van der Waals surface area contributed by atoms with Crippen LogP contribution in [-0.2, 0) is 19.6 Å². The van der Waals surface area contributed by atoms with Crippen LogP contribution in [0, 0.1) is 0 Å². The van der Waals surface area contributed by atoms with E-state index in [2.05, 4.69) is 10.0 Å². The summed E-state index contributed by atoms with van der Waals surface area (Å²) >= 11 is 1.03. The van der Waals surface area contributed by atoms with E-state index in [1.165, 1.54) is 20.0 Å². The molecule has 1 rings (SSSR count). The van der Waals surface area contributed by atoms with Gasteiger partial charge in [-0.1, -0.05) is 0 Å². The SMILES string of the molecule is CNC(=O)[C@@H](C)OC(=O)c1sccc1NS(C)(=O)=O. The average molecular weight is 306 g/mol. The predicted octanol–water partition coefficient (Wildman–Crippen LogP) is 0.411. The number of carbonyl (C=O) groups excluding carboxylic acids is 2. The van der Waals surface area contributed by atoms with Gasteiger partial charge in [0.2, 0.25) is 10.0 Å². The molecule has 0 saturated heterocycles. The molecule has 2 N–H and O–H groups in total. The second kappa shape index (κ2) is 6.02. The first kappa shape index (κ1) is 15.4. The van der Waals surface area contributed by atoms with Crippen LogP contribution in [0.4, 0.5) is 5.69 Å². The molecule has 0 aliphatic carbocycles. The number of amides is 1. The summed E-state index contributed by atoms with van der Waals surface area (Å²) in [6, 6.07) is 1.45. The van der Waals surface area contributed by atoms with Gasteiger partial charge < -0.3 is 10.1 Å².